The van der Waals surface area contributed by atoms with E-state index in [1.54, 1.807) is 6.20 Å². The van der Waals surface area contributed by atoms with Gasteiger partial charge >= 0.3 is 8.56 Å². The second kappa shape index (κ2) is 5.96. The molecule has 2 aliphatic carbocycles. The van der Waals surface area contributed by atoms with Crippen LogP contribution in [0.4, 0.5) is 0 Å². The quantitative estimate of drug-likeness (QED) is 0.748. The summed E-state index contributed by atoms with van der Waals surface area (Å²) in [6, 6.07) is 4.00. The van der Waals surface area contributed by atoms with Crippen LogP contribution < -0.4 is 0 Å². The zero-order valence-corrected chi connectivity index (χ0v) is 13.5. The minimum Gasteiger partial charge on any atom is -0.394 e. The Morgan fingerprint density at radius 1 is 1.25 bits per heavy atom. The summed E-state index contributed by atoms with van der Waals surface area (Å²) >= 11 is 0. The molecule has 1 aromatic heterocycles. The number of aromatic nitrogens is 1. The summed E-state index contributed by atoms with van der Waals surface area (Å²) in [5.41, 5.74) is 1.12. The van der Waals surface area contributed by atoms with Crippen molar-refractivity contribution in [2.75, 3.05) is 6.61 Å². The van der Waals surface area contributed by atoms with E-state index in [2.05, 4.69) is 18.1 Å². The Morgan fingerprint density at radius 2 is 2.15 bits per heavy atom. The third-order valence-electron chi connectivity index (χ3n) is 4.84. The molecule has 2 aliphatic rings. The largest absolute Gasteiger partial charge is 0.394 e. The summed E-state index contributed by atoms with van der Waals surface area (Å²) < 4.78 is 12.2. The van der Waals surface area contributed by atoms with E-state index in [9.17, 15) is 0 Å². The summed E-state index contributed by atoms with van der Waals surface area (Å²) in [4.78, 5) is 4.11. The van der Waals surface area contributed by atoms with Gasteiger partial charge in [-0.05, 0) is 61.7 Å². The zero-order chi connectivity index (χ0) is 14.0. The predicted octanol–water partition coefficient (Wildman–Crippen LogP) is 3.75. The van der Waals surface area contributed by atoms with Gasteiger partial charge in [-0.15, -0.1) is 0 Å². The lowest BCUT2D eigenvalue weighted by molar-refractivity contribution is 0.127. The van der Waals surface area contributed by atoms with E-state index in [0.717, 1.165) is 29.9 Å². The van der Waals surface area contributed by atoms with E-state index < -0.39 is 8.56 Å². The highest BCUT2D eigenvalue weighted by Gasteiger charge is 2.40. The summed E-state index contributed by atoms with van der Waals surface area (Å²) in [5.74, 6) is 2.72. The van der Waals surface area contributed by atoms with Crippen LogP contribution in [0.15, 0.2) is 24.5 Å². The monoisotopic (exact) mass is 291 g/mol. The van der Waals surface area contributed by atoms with Gasteiger partial charge in [-0.25, -0.2) is 0 Å². The van der Waals surface area contributed by atoms with Gasteiger partial charge in [0.05, 0.1) is 6.61 Å². The average molecular weight is 291 g/mol. The Kier molecular flexibility index (Phi) is 4.24. The first-order valence-corrected chi connectivity index (χ1v) is 10.6. The SMILES string of the molecule is C[Si](C)(OCc1cccnc1)OCC1CC2CCC1C2. The van der Waals surface area contributed by atoms with Crippen LogP contribution in [0.3, 0.4) is 0 Å². The van der Waals surface area contributed by atoms with Crippen LogP contribution >= 0.6 is 0 Å². The lowest BCUT2D eigenvalue weighted by Gasteiger charge is -2.28. The van der Waals surface area contributed by atoms with Crippen LogP contribution in [0.1, 0.15) is 31.2 Å². The van der Waals surface area contributed by atoms with Crippen LogP contribution in [0.5, 0.6) is 0 Å². The van der Waals surface area contributed by atoms with Gasteiger partial charge in [-0.1, -0.05) is 12.5 Å². The fourth-order valence-electron chi connectivity index (χ4n) is 3.67. The van der Waals surface area contributed by atoms with Crippen molar-refractivity contribution < 1.29 is 8.85 Å². The minimum atomic E-state index is -2.01. The molecular formula is C16H25NO2Si. The maximum absolute atomic E-state index is 6.18. The summed E-state index contributed by atoms with van der Waals surface area (Å²) in [6.45, 7) is 5.82. The van der Waals surface area contributed by atoms with Crippen molar-refractivity contribution in [3.63, 3.8) is 0 Å². The van der Waals surface area contributed by atoms with E-state index in [4.69, 9.17) is 8.85 Å². The number of pyridine rings is 1. The van der Waals surface area contributed by atoms with Crippen molar-refractivity contribution in [3.8, 4) is 0 Å². The van der Waals surface area contributed by atoms with Crippen LogP contribution in [0.2, 0.25) is 13.1 Å². The third-order valence-corrected chi connectivity index (χ3v) is 6.54. The Balaban J connectivity index is 1.44. The van der Waals surface area contributed by atoms with Crippen molar-refractivity contribution in [3.05, 3.63) is 30.1 Å². The lowest BCUT2D eigenvalue weighted by atomic mass is 9.90. The van der Waals surface area contributed by atoms with Crippen molar-refractivity contribution >= 4 is 8.56 Å². The smallest absolute Gasteiger partial charge is 0.332 e. The van der Waals surface area contributed by atoms with E-state index in [0.29, 0.717) is 6.61 Å². The molecular weight excluding hydrogens is 266 g/mol. The molecule has 0 spiro atoms. The molecule has 0 amide bonds. The highest BCUT2D eigenvalue weighted by molar-refractivity contribution is 6.64. The first kappa shape index (κ1) is 14.2. The normalized spacial score (nSPS) is 29.0. The van der Waals surface area contributed by atoms with E-state index in [-0.39, 0.29) is 0 Å². The van der Waals surface area contributed by atoms with Gasteiger partial charge in [0.25, 0.3) is 0 Å². The number of nitrogens with zero attached hydrogens (tertiary/aromatic N) is 1. The Morgan fingerprint density at radius 3 is 2.80 bits per heavy atom. The van der Waals surface area contributed by atoms with Crippen molar-refractivity contribution in [2.24, 2.45) is 17.8 Å². The molecule has 0 radical (unpaired) electrons. The Hall–Kier alpha value is -0.713. The number of fused-ring (bicyclic) bond motifs is 2. The Labute approximate surface area is 123 Å². The van der Waals surface area contributed by atoms with Crippen molar-refractivity contribution in [1.29, 1.82) is 0 Å². The number of hydrogen-bond donors (Lipinski definition) is 0. The second-order valence-electron chi connectivity index (χ2n) is 6.80. The van der Waals surface area contributed by atoms with Gasteiger partial charge in [0, 0.05) is 19.0 Å². The molecule has 0 aromatic carbocycles. The summed E-state index contributed by atoms with van der Waals surface area (Å²) in [6.07, 6.45) is 9.37. The fourth-order valence-corrected chi connectivity index (χ4v) is 4.88. The molecule has 3 unspecified atom stereocenters. The standard InChI is InChI=1S/C16H25NO2Si/c1-20(2,18-11-14-4-3-7-17-10-14)19-12-16-9-13-5-6-15(16)8-13/h3-4,7,10,13,15-16H,5-6,8-9,11-12H2,1-2H3. The molecule has 1 heterocycles. The van der Waals surface area contributed by atoms with Gasteiger partial charge in [0.1, 0.15) is 0 Å². The number of hydrogen-bond acceptors (Lipinski definition) is 3. The van der Waals surface area contributed by atoms with Gasteiger partial charge in [-0.3, -0.25) is 4.98 Å². The first-order valence-electron chi connectivity index (χ1n) is 7.79. The molecule has 3 rings (SSSR count). The van der Waals surface area contributed by atoms with Gasteiger partial charge in [0.15, 0.2) is 0 Å². The van der Waals surface area contributed by atoms with Gasteiger partial charge in [-0.2, -0.15) is 0 Å². The molecule has 0 N–H and O–H groups in total. The predicted molar refractivity (Wildman–Crippen MR) is 81.4 cm³/mol. The molecule has 2 saturated carbocycles. The molecule has 0 saturated heterocycles. The molecule has 20 heavy (non-hydrogen) atoms. The van der Waals surface area contributed by atoms with Crippen molar-refractivity contribution in [2.45, 2.75) is 45.4 Å². The molecule has 4 heteroatoms. The molecule has 3 atom stereocenters. The average Bonchev–Trinajstić information content (AvgIpc) is 3.07. The van der Waals surface area contributed by atoms with E-state index in [1.807, 2.05) is 18.3 Å². The highest BCUT2D eigenvalue weighted by Crippen LogP contribution is 2.48. The topological polar surface area (TPSA) is 31.4 Å². The van der Waals surface area contributed by atoms with Crippen LogP contribution in [0.25, 0.3) is 0 Å². The molecule has 2 bridgehead atoms. The zero-order valence-electron chi connectivity index (χ0n) is 12.5. The molecule has 1 aromatic rings. The molecule has 3 nitrogen and oxygen atoms in total. The molecule has 2 fully saturated rings. The summed E-state index contributed by atoms with van der Waals surface area (Å²) in [7, 11) is -2.01. The summed E-state index contributed by atoms with van der Waals surface area (Å²) in [5, 5.41) is 0. The highest BCUT2D eigenvalue weighted by atomic mass is 28.4. The molecule has 0 aliphatic heterocycles. The second-order valence-corrected chi connectivity index (χ2v) is 10.2. The van der Waals surface area contributed by atoms with Crippen molar-refractivity contribution in [1.82, 2.24) is 4.98 Å². The first-order chi connectivity index (χ1) is 9.62. The third kappa shape index (κ3) is 3.48. The maximum atomic E-state index is 6.18. The fraction of sp³-hybridized carbons (Fsp3) is 0.688. The Bertz CT molecular complexity index is 437. The number of rotatable bonds is 6. The van der Waals surface area contributed by atoms with E-state index >= 15 is 0 Å². The van der Waals surface area contributed by atoms with E-state index in [1.165, 1.54) is 25.7 Å². The van der Waals surface area contributed by atoms with Crippen LogP contribution in [0, 0.1) is 17.8 Å². The van der Waals surface area contributed by atoms with Gasteiger partial charge < -0.3 is 8.85 Å². The lowest BCUT2D eigenvalue weighted by Crippen LogP contribution is -2.37. The van der Waals surface area contributed by atoms with Crippen LogP contribution in [-0.4, -0.2) is 20.2 Å². The van der Waals surface area contributed by atoms with Gasteiger partial charge in [0.2, 0.25) is 0 Å². The van der Waals surface area contributed by atoms with Crippen LogP contribution in [-0.2, 0) is 15.5 Å². The molecule has 110 valence electrons. The minimum absolute atomic E-state index is 0.615. The maximum Gasteiger partial charge on any atom is 0.332 e.